The van der Waals surface area contributed by atoms with Crippen molar-refractivity contribution in [3.8, 4) is 18.1 Å². The third-order valence-corrected chi connectivity index (χ3v) is 2.43. The summed E-state index contributed by atoms with van der Waals surface area (Å²) in [4.78, 5) is 24.5. The third kappa shape index (κ3) is 1.34. The molecule has 1 aromatic carbocycles. The van der Waals surface area contributed by atoms with Crippen LogP contribution in [0.4, 0.5) is 5.69 Å². The number of methoxy groups -OCH3 is 1. The molecule has 80 valence electrons. The average molecular weight is 215 g/mol. The van der Waals surface area contributed by atoms with Crippen LogP contribution in [0.3, 0.4) is 0 Å². The highest BCUT2D eigenvalue weighted by molar-refractivity contribution is 6.52. The molecule has 1 heterocycles. The van der Waals surface area contributed by atoms with E-state index in [4.69, 9.17) is 11.2 Å². The molecule has 16 heavy (non-hydrogen) atoms. The number of carbonyl (C=O) groups excluding carboxylic acids is 2. The van der Waals surface area contributed by atoms with Gasteiger partial charge in [0.05, 0.1) is 24.9 Å². The molecule has 0 atom stereocenters. The van der Waals surface area contributed by atoms with Crippen LogP contribution in [0.25, 0.3) is 0 Å². The Kier molecular flexibility index (Phi) is 2.37. The first kappa shape index (κ1) is 10.2. The molecular weight excluding hydrogens is 206 g/mol. The molecule has 0 N–H and O–H groups in total. The smallest absolute Gasteiger partial charge is 0.300 e. The molecule has 0 aromatic heterocycles. The molecule has 4 heteroatoms. The summed E-state index contributed by atoms with van der Waals surface area (Å²) in [7, 11) is 1.50. The number of ether oxygens (including phenoxy) is 1. The first-order valence-electron chi connectivity index (χ1n) is 4.66. The molecule has 1 aliphatic heterocycles. The van der Waals surface area contributed by atoms with Crippen LogP contribution < -0.4 is 9.64 Å². The summed E-state index contributed by atoms with van der Waals surface area (Å²) in [5, 5.41) is 0. The normalized spacial score (nSPS) is 13.6. The molecular formula is C12H9NO3. The van der Waals surface area contributed by atoms with Crippen molar-refractivity contribution in [2.24, 2.45) is 0 Å². The van der Waals surface area contributed by atoms with Gasteiger partial charge < -0.3 is 4.74 Å². The van der Waals surface area contributed by atoms with Crippen molar-refractivity contribution in [2.75, 3.05) is 18.6 Å². The number of amides is 1. The molecule has 1 amide bonds. The van der Waals surface area contributed by atoms with Gasteiger partial charge in [-0.15, -0.1) is 6.42 Å². The Bertz CT molecular complexity index is 513. The minimum Gasteiger partial charge on any atom is -0.497 e. The van der Waals surface area contributed by atoms with Crippen LogP contribution in [0.1, 0.15) is 10.4 Å². The Balaban J connectivity index is 2.52. The molecule has 4 nitrogen and oxygen atoms in total. The van der Waals surface area contributed by atoms with Crippen LogP contribution in [0.15, 0.2) is 18.2 Å². The second-order valence-corrected chi connectivity index (χ2v) is 3.31. The third-order valence-electron chi connectivity index (χ3n) is 2.43. The summed E-state index contributed by atoms with van der Waals surface area (Å²) in [5.41, 5.74) is 0.897. The van der Waals surface area contributed by atoms with Gasteiger partial charge in [-0.1, -0.05) is 5.92 Å². The summed E-state index contributed by atoms with van der Waals surface area (Å²) in [6.45, 7) is 0.101. The molecule has 1 aliphatic rings. The van der Waals surface area contributed by atoms with Crippen molar-refractivity contribution in [3.05, 3.63) is 23.8 Å². The fraction of sp³-hybridized carbons (Fsp3) is 0.167. The zero-order chi connectivity index (χ0) is 11.7. The Morgan fingerprint density at radius 2 is 2.19 bits per heavy atom. The number of nitrogens with zero attached hydrogens (tertiary/aromatic N) is 1. The van der Waals surface area contributed by atoms with Gasteiger partial charge in [0.1, 0.15) is 5.75 Å². The van der Waals surface area contributed by atoms with Gasteiger partial charge in [0, 0.05) is 0 Å². The molecule has 0 saturated heterocycles. The molecule has 0 bridgehead atoms. The van der Waals surface area contributed by atoms with Crippen molar-refractivity contribution in [3.63, 3.8) is 0 Å². The van der Waals surface area contributed by atoms with E-state index in [1.54, 1.807) is 18.2 Å². The van der Waals surface area contributed by atoms with Crippen LogP contribution >= 0.6 is 0 Å². The average Bonchev–Trinajstić information content (AvgIpc) is 2.54. The number of carbonyl (C=O) groups is 2. The second kappa shape index (κ2) is 3.70. The largest absolute Gasteiger partial charge is 0.497 e. The quantitative estimate of drug-likeness (QED) is 0.543. The molecule has 2 rings (SSSR count). The summed E-state index contributed by atoms with van der Waals surface area (Å²) in [6.07, 6.45) is 5.15. The van der Waals surface area contributed by atoms with Gasteiger partial charge >= 0.3 is 0 Å². The molecule has 1 aromatic rings. The first-order chi connectivity index (χ1) is 7.69. The number of terminal acetylenes is 1. The van der Waals surface area contributed by atoms with Crippen LogP contribution in [-0.2, 0) is 4.79 Å². The lowest BCUT2D eigenvalue weighted by Crippen LogP contribution is -2.29. The Hall–Kier alpha value is -2.28. The van der Waals surface area contributed by atoms with E-state index < -0.39 is 11.7 Å². The van der Waals surface area contributed by atoms with Crippen LogP contribution in [0.5, 0.6) is 5.75 Å². The number of rotatable bonds is 2. The second-order valence-electron chi connectivity index (χ2n) is 3.31. The predicted octanol–water partition coefficient (Wildman–Crippen LogP) is 0.858. The molecule has 0 aliphatic carbocycles. The van der Waals surface area contributed by atoms with E-state index in [0.717, 1.165) is 0 Å². The van der Waals surface area contributed by atoms with Crippen molar-refractivity contribution in [1.82, 2.24) is 0 Å². The molecule has 0 spiro atoms. The maximum Gasteiger partial charge on any atom is 0.300 e. The monoisotopic (exact) mass is 215 g/mol. The predicted molar refractivity (Wildman–Crippen MR) is 58.5 cm³/mol. The minimum absolute atomic E-state index is 0.101. The van der Waals surface area contributed by atoms with E-state index in [1.807, 2.05) is 0 Å². The van der Waals surface area contributed by atoms with Gasteiger partial charge in [-0.2, -0.15) is 0 Å². The fourth-order valence-corrected chi connectivity index (χ4v) is 1.65. The van der Waals surface area contributed by atoms with Crippen molar-refractivity contribution >= 4 is 17.4 Å². The topological polar surface area (TPSA) is 46.6 Å². The van der Waals surface area contributed by atoms with E-state index in [0.29, 0.717) is 17.0 Å². The van der Waals surface area contributed by atoms with Crippen molar-refractivity contribution in [1.29, 1.82) is 0 Å². The zero-order valence-electron chi connectivity index (χ0n) is 8.69. The van der Waals surface area contributed by atoms with E-state index in [-0.39, 0.29) is 6.54 Å². The van der Waals surface area contributed by atoms with E-state index in [2.05, 4.69) is 5.92 Å². The lowest BCUT2D eigenvalue weighted by molar-refractivity contribution is -0.114. The van der Waals surface area contributed by atoms with E-state index >= 15 is 0 Å². The van der Waals surface area contributed by atoms with Crippen molar-refractivity contribution < 1.29 is 14.3 Å². The first-order valence-corrected chi connectivity index (χ1v) is 4.66. The zero-order valence-corrected chi connectivity index (χ0v) is 8.69. The van der Waals surface area contributed by atoms with Gasteiger partial charge in [-0.3, -0.25) is 14.5 Å². The van der Waals surface area contributed by atoms with Crippen LogP contribution in [0.2, 0.25) is 0 Å². The molecule has 0 unspecified atom stereocenters. The highest BCUT2D eigenvalue weighted by Crippen LogP contribution is 2.31. The van der Waals surface area contributed by atoms with E-state index in [1.165, 1.54) is 12.0 Å². The summed E-state index contributed by atoms with van der Waals surface area (Å²) in [6, 6.07) is 4.90. The maximum absolute atomic E-state index is 11.6. The highest BCUT2D eigenvalue weighted by Gasteiger charge is 2.35. The summed E-state index contributed by atoms with van der Waals surface area (Å²) >= 11 is 0. The standard InChI is InChI=1S/C12H9NO3/c1-3-6-13-10-5-4-8(16-2)7-9(10)11(14)12(13)15/h1,4-5,7H,6H2,2H3. The molecule has 0 radical (unpaired) electrons. The van der Waals surface area contributed by atoms with Crippen molar-refractivity contribution in [2.45, 2.75) is 0 Å². The van der Waals surface area contributed by atoms with Gasteiger partial charge in [0.25, 0.3) is 11.7 Å². The Morgan fingerprint density at radius 3 is 2.81 bits per heavy atom. The Morgan fingerprint density at radius 1 is 1.44 bits per heavy atom. The maximum atomic E-state index is 11.6. The lowest BCUT2D eigenvalue weighted by Gasteiger charge is -2.12. The number of ketones is 1. The highest BCUT2D eigenvalue weighted by atomic mass is 16.5. The molecule has 0 fully saturated rings. The van der Waals surface area contributed by atoms with Gasteiger partial charge in [-0.25, -0.2) is 0 Å². The van der Waals surface area contributed by atoms with E-state index in [9.17, 15) is 9.59 Å². The number of Topliss-reactive ketones (excluding diaryl/α,β-unsaturated/α-hetero) is 1. The summed E-state index contributed by atoms with van der Waals surface area (Å²) in [5.74, 6) is 1.78. The number of benzene rings is 1. The van der Waals surface area contributed by atoms with Gasteiger partial charge in [0.15, 0.2) is 0 Å². The van der Waals surface area contributed by atoms with Gasteiger partial charge in [0.2, 0.25) is 0 Å². The van der Waals surface area contributed by atoms with Crippen LogP contribution in [0, 0.1) is 12.3 Å². The number of anilines is 1. The summed E-state index contributed by atoms with van der Waals surface area (Å²) < 4.78 is 5.00. The number of hydrogen-bond acceptors (Lipinski definition) is 3. The minimum atomic E-state index is -0.582. The number of fused-ring (bicyclic) bond motifs is 1. The van der Waals surface area contributed by atoms with Crippen LogP contribution in [-0.4, -0.2) is 25.3 Å². The number of hydrogen-bond donors (Lipinski definition) is 0. The lowest BCUT2D eigenvalue weighted by atomic mass is 10.1. The molecule has 0 saturated carbocycles. The Labute approximate surface area is 92.8 Å². The SMILES string of the molecule is C#CCN1C(=O)C(=O)c2cc(OC)ccc21. The fourth-order valence-electron chi connectivity index (χ4n) is 1.65. The van der Waals surface area contributed by atoms with Gasteiger partial charge in [-0.05, 0) is 18.2 Å².